The summed E-state index contributed by atoms with van der Waals surface area (Å²) < 4.78 is 43.5. The van der Waals surface area contributed by atoms with Gasteiger partial charge in [0.1, 0.15) is 5.76 Å². The fraction of sp³-hybridized carbons (Fsp3) is 0.400. The van der Waals surface area contributed by atoms with Gasteiger partial charge in [0.25, 0.3) is 0 Å². The molecule has 0 fully saturated rings. The summed E-state index contributed by atoms with van der Waals surface area (Å²) in [7, 11) is 0. The quantitative estimate of drug-likeness (QED) is 0.816. The summed E-state index contributed by atoms with van der Waals surface area (Å²) in [5.74, 6) is 0.668. The van der Waals surface area contributed by atoms with Gasteiger partial charge in [0, 0.05) is 6.42 Å². The van der Waals surface area contributed by atoms with E-state index in [9.17, 15) is 13.2 Å². The minimum atomic E-state index is -4.38. The van der Waals surface area contributed by atoms with Crippen molar-refractivity contribution in [2.45, 2.75) is 38.8 Å². The van der Waals surface area contributed by atoms with Crippen LogP contribution in [0, 0.1) is 0 Å². The van der Waals surface area contributed by atoms with Gasteiger partial charge in [0.2, 0.25) is 0 Å². The van der Waals surface area contributed by atoms with Gasteiger partial charge in [0.05, 0.1) is 11.1 Å². The normalized spacial score (nSPS) is 11.8. The van der Waals surface area contributed by atoms with Crippen molar-refractivity contribution in [1.82, 2.24) is 5.16 Å². The lowest BCUT2D eigenvalue weighted by atomic mass is 10.0. The number of anilines is 1. The van der Waals surface area contributed by atoms with Crippen molar-refractivity contribution in [3.63, 3.8) is 0 Å². The maximum atomic E-state index is 12.8. The molecule has 0 aliphatic rings. The maximum Gasteiger partial charge on any atom is 0.416 e. The molecular formula is C15H17F3N2O. The van der Waals surface area contributed by atoms with E-state index in [1.807, 2.05) is 0 Å². The van der Waals surface area contributed by atoms with Crippen molar-refractivity contribution < 1.29 is 17.7 Å². The fourth-order valence-electron chi connectivity index (χ4n) is 2.20. The Morgan fingerprint density at radius 3 is 2.67 bits per heavy atom. The Bertz CT molecular complexity index is 605. The van der Waals surface area contributed by atoms with E-state index in [0.29, 0.717) is 23.3 Å². The molecule has 21 heavy (non-hydrogen) atoms. The highest BCUT2D eigenvalue weighted by atomic mass is 19.4. The third kappa shape index (κ3) is 3.56. The number of unbranched alkanes of at least 4 members (excludes halogenated alkanes) is 2. The number of nitrogens with zero attached hydrogens (tertiary/aromatic N) is 1. The summed E-state index contributed by atoms with van der Waals surface area (Å²) in [4.78, 5) is 0. The van der Waals surface area contributed by atoms with Gasteiger partial charge in [-0.25, -0.2) is 0 Å². The molecule has 1 aromatic heterocycles. The number of nitrogen functional groups attached to an aromatic ring is 1. The molecule has 0 aliphatic carbocycles. The van der Waals surface area contributed by atoms with Crippen molar-refractivity contribution in [2.24, 2.45) is 0 Å². The molecule has 6 heteroatoms. The van der Waals surface area contributed by atoms with Gasteiger partial charge in [-0.15, -0.1) is 0 Å². The van der Waals surface area contributed by atoms with Gasteiger partial charge in [0.15, 0.2) is 5.82 Å². The highest BCUT2D eigenvalue weighted by Gasteiger charge is 2.31. The predicted molar refractivity (Wildman–Crippen MR) is 74.6 cm³/mol. The summed E-state index contributed by atoms with van der Waals surface area (Å²) >= 11 is 0. The molecule has 114 valence electrons. The average molecular weight is 298 g/mol. The summed E-state index contributed by atoms with van der Waals surface area (Å²) in [6, 6.07) is 5.05. The van der Waals surface area contributed by atoms with Crippen molar-refractivity contribution in [1.29, 1.82) is 0 Å². The summed E-state index contributed by atoms with van der Waals surface area (Å²) in [5, 5.41) is 3.69. The van der Waals surface area contributed by atoms with Crippen LogP contribution in [0.5, 0.6) is 0 Å². The van der Waals surface area contributed by atoms with Crippen LogP contribution in [0.1, 0.15) is 37.5 Å². The molecule has 0 amide bonds. The SMILES string of the molecule is CCCCCc1onc(N)c1-c1cccc(C(F)(F)F)c1. The minimum Gasteiger partial charge on any atom is -0.380 e. The van der Waals surface area contributed by atoms with Gasteiger partial charge in [-0.3, -0.25) is 0 Å². The highest BCUT2D eigenvalue weighted by molar-refractivity contribution is 5.76. The highest BCUT2D eigenvalue weighted by Crippen LogP contribution is 2.35. The lowest BCUT2D eigenvalue weighted by Gasteiger charge is -2.09. The van der Waals surface area contributed by atoms with E-state index in [1.165, 1.54) is 6.07 Å². The van der Waals surface area contributed by atoms with E-state index in [4.69, 9.17) is 10.3 Å². The number of hydrogen-bond acceptors (Lipinski definition) is 3. The first-order valence-corrected chi connectivity index (χ1v) is 6.85. The number of halogens is 3. The van der Waals surface area contributed by atoms with Crippen LogP contribution in [0.3, 0.4) is 0 Å². The van der Waals surface area contributed by atoms with Crippen LogP contribution in [0.15, 0.2) is 28.8 Å². The van der Waals surface area contributed by atoms with Gasteiger partial charge in [-0.2, -0.15) is 13.2 Å². The number of benzene rings is 1. The average Bonchev–Trinajstić information content (AvgIpc) is 2.79. The molecular weight excluding hydrogens is 281 g/mol. The molecule has 0 saturated heterocycles. The predicted octanol–water partition coefficient (Wildman–Crippen LogP) is 4.68. The maximum absolute atomic E-state index is 12.8. The van der Waals surface area contributed by atoms with Crippen LogP contribution in [-0.2, 0) is 12.6 Å². The third-order valence-electron chi connectivity index (χ3n) is 3.28. The zero-order valence-corrected chi connectivity index (χ0v) is 11.7. The van der Waals surface area contributed by atoms with Crippen LogP contribution < -0.4 is 5.73 Å². The Morgan fingerprint density at radius 2 is 2.00 bits per heavy atom. The number of aryl methyl sites for hydroxylation is 1. The number of hydrogen-bond donors (Lipinski definition) is 1. The Balaban J connectivity index is 2.35. The number of alkyl halides is 3. The Labute approximate surface area is 120 Å². The van der Waals surface area contributed by atoms with Crippen molar-refractivity contribution in [3.05, 3.63) is 35.6 Å². The Morgan fingerprint density at radius 1 is 1.24 bits per heavy atom. The molecule has 0 saturated carbocycles. The number of aromatic nitrogens is 1. The first-order chi connectivity index (χ1) is 9.93. The minimum absolute atomic E-state index is 0.126. The summed E-state index contributed by atoms with van der Waals surface area (Å²) in [6.07, 6.45) is -0.823. The van der Waals surface area contributed by atoms with E-state index < -0.39 is 11.7 Å². The molecule has 2 N–H and O–H groups in total. The molecule has 0 bridgehead atoms. The first kappa shape index (κ1) is 15.4. The van der Waals surface area contributed by atoms with Crippen LogP contribution in [0.4, 0.5) is 19.0 Å². The third-order valence-corrected chi connectivity index (χ3v) is 3.28. The molecule has 3 nitrogen and oxygen atoms in total. The molecule has 0 spiro atoms. The van der Waals surface area contributed by atoms with Crippen molar-refractivity contribution in [3.8, 4) is 11.1 Å². The van der Waals surface area contributed by atoms with Gasteiger partial charge < -0.3 is 10.3 Å². The van der Waals surface area contributed by atoms with E-state index in [0.717, 1.165) is 31.4 Å². The smallest absolute Gasteiger partial charge is 0.380 e. The molecule has 2 aromatic rings. The standard InChI is InChI=1S/C15H17F3N2O/c1-2-3-4-8-12-13(14(19)20-21-12)10-6-5-7-11(9-10)15(16,17)18/h5-7,9H,2-4,8H2,1H3,(H2,19,20). The van der Waals surface area contributed by atoms with E-state index in [-0.39, 0.29) is 5.82 Å². The van der Waals surface area contributed by atoms with Crippen LogP contribution >= 0.6 is 0 Å². The molecule has 2 rings (SSSR count). The number of nitrogens with two attached hydrogens (primary N) is 1. The van der Waals surface area contributed by atoms with Crippen LogP contribution in [-0.4, -0.2) is 5.16 Å². The Hall–Kier alpha value is -1.98. The molecule has 0 aliphatic heterocycles. The van der Waals surface area contributed by atoms with E-state index in [2.05, 4.69) is 12.1 Å². The van der Waals surface area contributed by atoms with Crippen molar-refractivity contribution >= 4 is 5.82 Å². The van der Waals surface area contributed by atoms with Gasteiger partial charge >= 0.3 is 6.18 Å². The molecule has 1 heterocycles. The second kappa shape index (κ2) is 6.20. The van der Waals surface area contributed by atoms with E-state index >= 15 is 0 Å². The summed E-state index contributed by atoms with van der Waals surface area (Å²) in [6.45, 7) is 2.07. The lowest BCUT2D eigenvalue weighted by Crippen LogP contribution is -2.04. The zero-order chi connectivity index (χ0) is 15.5. The molecule has 0 radical (unpaired) electrons. The molecule has 0 unspecified atom stereocenters. The van der Waals surface area contributed by atoms with Gasteiger partial charge in [-0.05, 0) is 24.1 Å². The second-order valence-electron chi connectivity index (χ2n) is 4.90. The van der Waals surface area contributed by atoms with Crippen LogP contribution in [0.25, 0.3) is 11.1 Å². The summed E-state index contributed by atoms with van der Waals surface area (Å²) in [5.41, 5.74) is 5.90. The second-order valence-corrected chi connectivity index (χ2v) is 4.90. The number of rotatable bonds is 5. The topological polar surface area (TPSA) is 52.0 Å². The molecule has 0 atom stereocenters. The van der Waals surface area contributed by atoms with Gasteiger partial charge in [-0.1, -0.05) is 37.1 Å². The monoisotopic (exact) mass is 298 g/mol. The lowest BCUT2D eigenvalue weighted by molar-refractivity contribution is -0.137. The fourth-order valence-corrected chi connectivity index (χ4v) is 2.20. The molecule has 1 aromatic carbocycles. The first-order valence-electron chi connectivity index (χ1n) is 6.85. The zero-order valence-electron chi connectivity index (χ0n) is 11.7. The Kier molecular flexibility index (Phi) is 4.55. The largest absolute Gasteiger partial charge is 0.416 e. The van der Waals surface area contributed by atoms with E-state index in [1.54, 1.807) is 6.07 Å². The van der Waals surface area contributed by atoms with Crippen molar-refractivity contribution in [2.75, 3.05) is 5.73 Å². The van der Waals surface area contributed by atoms with Crippen LogP contribution in [0.2, 0.25) is 0 Å².